The van der Waals surface area contributed by atoms with Crippen molar-refractivity contribution >= 4 is 27.5 Å². The van der Waals surface area contributed by atoms with E-state index in [0.29, 0.717) is 0 Å². The molecule has 0 aromatic heterocycles. The molecule has 0 heterocycles. The molecule has 0 spiro atoms. The number of nitrogens with zero attached hydrogens (tertiary/aromatic N) is 2. The van der Waals surface area contributed by atoms with Crippen molar-refractivity contribution in [2.75, 3.05) is 17.1 Å². The summed E-state index contributed by atoms with van der Waals surface area (Å²) in [5.74, 6) is -2.87. The van der Waals surface area contributed by atoms with Crippen LogP contribution < -0.4 is 9.62 Å². The molecule has 0 fully saturated rings. The first kappa shape index (κ1) is 27.2. The molecule has 0 radical (unpaired) electrons. The maximum Gasteiger partial charge on any atom is 0.242 e. The first-order chi connectivity index (χ1) is 15.9. The van der Waals surface area contributed by atoms with Crippen LogP contribution in [0.5, 0.6) is 0 Å². The fourth-order valence-corrected chi connectivity index (χ4v) is 4.37. The van der Waals surface area contributed by atoms with Crippen LogP contribution >= 0.6 is 0 Å². The largest absolute Gasteiger partial charge is 0.352 e. The van der Waals surface area contributed by atoms with Gasteiger partial charge in [0, 0.05) is 31.6 Å². The Kier molecular flexibility index (Phi) is 9.55. The van der Waals surface area contributed by atoms with E-state index in [4.69, 9.17) is 0 Å². The minimum Gasteiger partial charge on any atom is -0.352 e. The predicted molar refractivity (Wildman–Crippen MR) is 128 cm³/mol. The van der Waals surface area contributed by atoms with Gasteiger partial charge in [-0.25, -0.2) is 17.2 Å². The highest BCUT2D eigenvalue weighted by atomic mass is 32.2. The molecule has 0 unspecified atom stereocenters. The Hall–Kier alpha value is -3.01. The van der Waals surface area contributed by atoms with Gasteiger partial charge in [-0.3, -0.25) is 13.9 Å². The van der Waals surface area contributed by atoms with E-state index in [2.05, 4.69) is 5.32 Å². The average molecular weight is 496 g/mol. The molecule has 0 saturated heterocycles. The summed E-state index contributed by atoms with van der Waals surface area (Å²) in [6.07, 6.45) is 1.03. The molecule has 1 atom stereocenters. The zero-order valence-corrected chi connectivity index (χ0v) is 20.6. The Bertz CT molecular complexity index is 1090. The van der Waals surface area contributed by atoms with E-state index >= 15 is 0 Å². The van der Waals surface area contributed by atoms with E-state index in [1.807, 2.05) is 44.2 Å². The zero-order chi connectivity index (χ0) is 25.5. The molecule has 0 aliphatic heterocycles. The van der Waals surface area contributed by atoms with Crippen molar-refractivity contribution in [1.29, 1.82) is 0 Å². The molecule has 10 heteroatoms. The van der Waals surface area contributed by atoms with Crippen LogP contribution in [0.25, 0.3) is 0 Å². The third kappa shape index (κ3) is 7.79. The fraction of sp³-hybridized carbons (Fsp3) is 0.417. The molecule has 186 valence electrons. The summed E-state index contributed by atoms with van der Waals surface area (Å²) in [5.41, 5.74) is 0.819. The predicted octanol–water partition coefficient (Wildman–Crippen LogP) is 3.45. The Morgan fingerprint density at radius 3 is 2.21 bits per heavy atom. The Morgan fingerprint density at radius 2 is 1.65 bits per heavy atom. The van der Waals surface area contributed by atoms with Crippen LogP contribution in [-0.2, 0) is 26.2 Å². The van der Waals surface area contributed by atoms with Crippen LogP contribution in [0.15, 0.2) is 48.5 Å². The van der Waals surface area contributed by atoms with Crippen molar-refractivity contribution in [2.45, 2.75) is 52.2 Å². The monoisotopic (exact) mass is 495 g/mol. The number of hydrogen-bond donors (Lipinski definition) is 1. The highest BCUT2D eigenvalue weighted by molar-refractivity contribution is 7.92. The van der Waals surface area contributed by atoms with Crippen LogP contribution in [0.1, 0.15) is 39.2 Å². The standard InChI is InChI=1S/C24H31F2N3O4S/c1-17(2)27-24(31)18(3)28(16-19-9-6-5-7-10-19)23(30)11-8-14-29(34(4,32)33)20-12-13-21(25)22(26)15-20/h5-7,9-10,12-13,15,17-18H,8,11,14,16H2,1-4H3,(H,27,31)/t18-/m0/s1. The van der Waals surface area contributed by atoms with E-state index in [1.165, 1.54) is 11.0 Å². The van der Waals surface area contributed by atoms with Crippen LogP contribution in [0, 0.1) is 11.6 Å². The van der Waals surface area contributed by atoms with E-state index < -0.39 is 27.7 Å². The SMILES string of the molecule is CC(C)NC(=O)[C@H](C)N(Cc1ccccc1)C(=O)CCCN(c1ccc(F)c(F)c1)S(C)(=O)=O. The summed E-state index contributed by atoms with van der Waals surface area (Å²) in [5, 5.41) is 2.80. The van der Waals surface area contributed by atoms with Crippen LogP contribution in [0.3, 0.4) is 0 Å². The minimum absolute atomic E-state index is 0.0281. The molecule has 0 bridgehead atoms. The van der Waals surface area contributed by atoms with Crippen molar-refractivity contribution < 1.29 is 26.8 Å². The zero-order valence-electron chi connectivity index (χ0n) is 19.8. The third-order valence-corrected chi connectivity index (χ3v) is 6.33. The Balaban J connectivity index is 2.16. The molecule has 0 saturated carbocycles. The smallest absolute Gasteiger partial charge is 0.242 e. The number of nitrogens with one attached hydrogen (secondary N) is 1. The summed E-state index contributed by atoms with van der Waals surface area (Å²) in [4.78, 5) is 27.2. The summed E-state index contributed by atoms with van der Waals surface area (Å²) >= 11 is 0. The van der Waals surface area contributed by atoms with Gasteiger partial charge in [-0.15, -0.1) is 0 Å². The highest BCUT2D eigenvalue weighted by Gasteiger charge is 2.27. The molecule has 2 aromatic carbocycles. The summed E-state index contributed by atoms with van der Waals surface area (Å²) in [6.45, 7) is 5.40. The Labute approximate surface area is 199 Å². The second kappa shape index (κ2) is 11.9. The number of amides is 2. The number of benzene rings is 2. The van der Waals surface area contributed by atoms with Crippen molar-refractivity contribution in [2.24, 2.45) is 0 Å². The van der Waals surface area contributed by atoms with Crippen LogP contribution in [-0.4, -0.2) is 50.0 Å². The van der Waals surface area contributed by atoms with E-state index in [9.17, 15) is 26.8 Å². The topological polar surface area (TPSA) is 86.8 Å². The van der Waals surface area contributed by atoms with Crippen molar-refractivity contribution in [1.82, 2.24) is 10.2 Å². The number of halogens is 2. The van der Waals surface area contributed by atoms with E-state index in [0.717, 1.165) is 28.3 Å². The summed E-state index contributed by atoms with van der Waals surface area (Å²) < 4.78 is 52.3. The number of anilines is 1. The van der Waals surface area contributed by atoms with Gasteiger partial charge in [0.25, 0.3) is 0 Å². The number of hydrogen-bond acceptors (Lipinski definition) is 4. The van der Waals surface area contributed by atoms with Crippen molar-refractivity contribution in [3.8, 4) is 0 Å². The molecule has 0 aliphatic carbocycles. The lowest BCUT2D eigenvalue weighted by molar-refractivity contribution is -0.140. The first-order valence-electron chi connectivity index (χ1n) is 11.0. The quantitative estimate of drug-likeness (QED) is 0.517. The molecule has 7 nitrogen and oxygen atoms in total. The van der Waals surface area contributed by atoms with Gasteiger partial charge in [0.2, 0.25) is 21.8 Å². The fourth-order valence-electron chi connectivity index (χ4n) is 3.41. The van der Waals surface area contributed by atoms with E-state index in [-0.39, 0.29) is 49.5 Å². The summed E-state index contributed by atoms with van der Waals surface area (Å²) in [7, 11) is -3.80. The number of carbonyl (C=O) groups is 2. The van der Waals surface area contributed by atoms with Gasteiger partial charge in [0.15, 0.2) is 11.6 Å². The maximum atomic E-state index is 13.7. The average Bonchev–Trinajstić information content (AvgIpc) is 2.76. The van der Waals surface area contributed by atoms with Gasteiger partial charge in [0.1, 0.15) is 6.04 Å². The lowest BCUT2D eigenvalue weighted by Gasteiger charge is -2.30. The normalized spacial score (nSPS) is 12.3. The van der Waals surface area contributed by atoms with Crippen molar-refractivity contribution in [3.63, 3.8) is 0 Å². The van der Waals surface area contributed by atoms with Gasteiger partial charge in [0.05, 0.1) is 11.9 Å². The number of carbonyl (C=O) groups excluding carboxylic acids is 2. The van der Waals surface area contributed by atoms with Crippen molar-refractivity contribution in [3.05, 3.63) is 65.7 Å². The van der Waals surface area contributed by atoms with Gasteiger partial charge >= 0.3 is 0 Å². The lowest BCUT2D eigenvalue weighted by atomic mass is 10.1. The molecular weight excluding hydrogens is 464 g/mol. The molecule has 2 aromatic rings. The van der Waals surface area contributed by atoms with Crippen LogP contribution in [0.2, 0.25) is 0 Å². The molecule has 34 heavy (non-hydrogen) atoms. The summed E-state index contributed by atoms with van der Waals surface area (Å²) in [6, 6.07) is 11.2. The van der Waals surface area contributed by atoms with Gasteiger partial charge in [-0.05, 0) is 44.9 Å². The van der Waals surface area contributed by atoms with Crippen LogP contribution in [0.4, 0.5) is 14.5 Å². The van der Waals surface area contributed by atoms with Gasteiger partial charge in [-0.1, -0.05) is 30.3 Å². The molecule has 2 rings (SSSR count). The molecule has 2 amide bonds. The molecule has 0 aliphatic rings. The lowest BCUT2D eigenvalue weighted by Crippen LogP contribution is -2.49. The molecular formula is C24H31F2N3O4S. The third-order valence-electron chi connectivity index (χ3n) is 5.14. The molecule has 1 N–H and O–H groups in total. The van der Waals surface area contributed by atoms with Gasteiger partial charge in [-0.2, -0.15) is 0 Å². The first-order valence-corrected chi connectivity index (χ1v) is 12.8. The second-order valence-corrected chi connectivity index (χ2v) is 10.3. The van der Waals surface area contributed by atoms with Gasteiger partial charge < -0.3 is 10.2 Å². The second-order valence-electron chi connectivity index (χ2n) is 8.38. The number of sulfonamides is 1. The highest BCUT2D eigenvalue weighted by Crippen LogP contribution is 2.21. The minimum atomic E-state index is -3.80. The number of rotatable bonds is 11. The Morgan fingerprint density at radius 1 is 1.00 bits per heavy atom. The maximum absolute atomic E-state index is 13.7. The van der Waals surface area contributed by atoms with E-state index in [1.54, 1.807) is 6.92 Å².